The molecule has 9 heteroatoms. The van der Waals surface area contributed by atoms with Crippen LogP contribution < -0.4 is 20.7 Å². The minimum Gasteiger partial charge on any atom is -0.494 e. The zero-order chi connectivity index (χ0) is 21.2. The summed E-state index contributed by atoms with van der Waals surface area (Å²) in [6.07, 6.45) is 1.98. The lowest BCUT2D eigenvalue weighted by atomic mass is 10.0. The van der Waals surface area contributed by atoms with Gasteiger partial charge in [0.2, 0.25) is 5.91 Å². The highest BCUT2D eigenvalue weighted by Crippen LogP contribution is 2.20. The minimum absolute atomic E-state index is 0. The Bertz CT molecular complexity index is 694. The summed E-state index contributed by atoms with van der Waals surface area (Å²) in [5.41, 5.74) is 0.954. The highest BCUT2D eigenvalue weighted by molar-refractivity contribution is 14.0. The molecule has 0 atom stereocenters. The third-order valence-electron chi connectivity index (χ3n) is 5.02. The molecule has 30 heavy (non-hydrogen) atoms. The number of halogens is 2. The lowest BCUT2D eigenvalue weighted by Crippen LogP contribution is -2.49. The van der Waals surface area contributed by atoms with E-state index in [0.717, 1.165) is 44.0 Å². The Balaban J connectivity index is 0.00000450. The molecule has 7 nitrogen and oxygen atoms in total. The van der Waals surface area contributed by atoms with Crippen molar-refractivity contribution in [2.45, 2.75) is 39.3 Å². The van der Waals surface area contributed by atoms with E-state index in [2.05, 4.69) is 25.8 Å². The van der Waals surface area contributed by atoms with E-state index in [0.29, 0.717) is 19.1 Å². The fourth-order valence-electron chi connectivity index (χ4n) is 3.26. The second-order valence-electron chi connectivity index (χ2n) is 7.61. The summed E-state index contributed by atoms with van der Waals surface area (Å²) in [5, 5.41) is 9.56. The summed E-state index contributed by atoms with van der Waals surface area (Å²) in [7, 11) is 3.22. The first kappa shape index (κ1) is 26.4. The number of methoxy groups -OCH3 is 1. The molecule has 0 aliphatic carbocycles. The molecule has 1 amide bonds. The predicted octanol–water partition coefficient (Wildman–Crippen LogP) is 2.35. The molecule has 0 radical (unpaired) electrons. The van der Waals surface area contributed by atoms with Crippen molar-refractivity contribution >= 4 is 35.8 Å². The first-order valence-corrected chi connectivity index (χ1v) is 10.2. The van der Waals surface area contributed by atoms with Crippen LogP contribution in [0, 0.1) is 11.7 Å². The van der Waals surface area contributed by atoms with E-state index in [-0.39, 0.29) is 47.4 Å². The number of ether oxygens (including phenoxy) is 1. The van der Waals surface area contributed by atoms with Gasteiger partial charge in [0.1, 0.15) is 0 Å². The van der Waals surface area contributed by atoms with E-state index >= 15 is 0 Å². The van der Waals surface area contributed by atoms with E-state index in [1.54, 1.807) is 19.2 Å². The fraction of sp³-hybridized carbons (Fsp3) is 0.619. The van der Waals surface area contributed by atoms with Gasteiger partial charge in [-0.15, -0.1) is 24.0 Å². The van der Waals surface area contributed by atoms with E-state index < -0.39 is 0 Å². The number of hydrogen-bond donors (Lipinski definition) is 3. The van der Waals surface area contributed by atoms with Gasteiger partial charge in [-0.1, -0.05) is 19.9 Å². The highest BCUT2D eigenvalue weighted by atomic mass is 127. The minimum atomic E-state index is -0.319. The molecule has 1 fully saturated rings. The molecular weight excluding hydrogens is 500 g/mol. The van der Waals surface area contributed by atoms with Gasteiger partial charge in [-0.05, 0) is 30.5 Å². The molecule has 1 aromatic carbocycles. The maximum absolute atomic E-state index is 13.9. The number of hydrogen-bond acceptors (Lipinski definition) is 4. The SMILES string of the molecule is CN=C(NCCNC(=O)C(C)C)NC1CCN(Cc2ccc(OC)c(F)c2)CC1.I. The van der Waals surface area contributed by atoms with E-state index in [9.17, 15) is 9.18 Å². The quantitative estimate of drug-likeness (QED) is 0.206. The summed E-state index contributed by atoms with van der Waals surface area (Å²) < 4.78 is 18.8. The third-order valence-corrected chi connectivity index (χ3v) is 5.02. The van der Waals surface area contributed by atoms with Gasteiger partial charge < -0.3 is 20.7 Å². The van der Waals surface area contributed by atoms with Crippen LogP contribution in [0.3, 0.4) is 0 Å². The van der Waals surface area contributed by atoms with Gasteiger partial charge in [-0.2, -0.15) is 0 Å². The normalized spacial score (nSPS) is 15.5. The second-order valence-corrected chi connectivity index (χ2v) is 7.61. The van der Waals surface area contributed by atoms with Crippen LogP contribution in [-0.4, -0.2) is 63.1 Å². The van der Waals surface area contributed by atoms with Gasteiger partial charge in [0.15, 0.2) is 17.5 Å². The Morgan fingerprint density at radius 1 is 1.27 bits per heavy atom. The van der Waals surface area contributed by atoms with E-state index in [1.807, 2.05) is 19.9 Å². The molecule has 170 valence electrons. The van der Waals surface area contributed by atoms with Crippen LogP contribution >= 0.6 is 24.0 Å². The van der Waals surface area contributed by atoms with Crippen LogP contribution in [0.4, 0.5) is 4.39 Å². The summed E-state index contributed by atoms with van der Waals surface area (Å²) >= 11 is 0. The van der Waals surface area contributed by atoms with Crippen LogP contribution in [0.15, 0.2) is 23.2 Å². The van der Waals surface area contributed by atoms with Gasteiger partial charge in [0, 0.05) is 51.7 Å². The number of carbonyl (C=O) groups excluding carboxylic acids is 1. The van der Waals surface area contributed by atoms with Gasteiger partial charge in [0.25, 0.3) is 0 Å². The Hall–Kier alpha value is -1.62. The van der Waals surface area contributed by atoms with Crippen LogP contribution in [0.25, 0.3) is 0 Å². The van der Waals surface area contributed by atoms with E-state index in [1.165, 1.54) is 7.11 Å². The van der Waals surface area contributed by atoms with Crippen LogP contribution in [-0.2, 0) is 11.3 Å². The van der Waals surface area contributed by atoms with Crippen molar-refractivity contribution in [3.05, 3.63) is 29.6 Å². The van der Waals surface area contributed by atoms with Crippen molar-refractivity contribution < 1.29 is 13.9 Å². The number of amides is 1. The average molecular weight is 535 g/mol. The average Bonchev–Trinajstić information content (AvgIpc) is 2.71. The van der Waals surface area contributed by atoms with Crippen molar-refractivity contribution in [2.75, 3.05) is 40.3 Å². The third kappa shape index (κ3) is 8.63. The van der Waals surface area contributed by atoms with Gasteiger partial charge >= 0.3 is 0 Å². The van der Waals surface area contributed by atoms with Crippen molar-refractivity contribution in [1.29, 1.82) is 0 Å². The molecule has 0 saturated carbocycles. The number of carbonyl (C=O) groups is 1. The molecule has 1 aliphatic heterocycles. The lowest BCUT2D eigenvalue weighted by molar-refractivity contribution is -0.123. The van der Waals surface area contributed by atoms with E-state index in [4.69, 9.17) is 4.74 Å². The first-order chi connectivity index (χ1) is 13.9. The van der Waals surface area contributed by atoms with Crippen molar-refractivity contribution in [3.63, 3.8) is 0 Å². The largest absolute Gasteiger partial charge is 0.494 e. The number of likely N-dealkylation sites (tertiary alicyclic amines) is 1. The zero-order valence-corrected chi connectivity index (χ0v) is 20.7. The molecule has 1 aromatic rings. The topological polar surface area (TPSA) is 78.0 Å². The summed E-state index contributed by atoms with van der Waals surface area (Å²) in [6.45, 7) is 7.55. The first-order valence-electron chi connectivity index (χ1n) is 10.2. The van der Waals surface area contributed by atoms with Crippen LogP contribution in [0.2, 0.25) is 0 Å². The lowest BCUT2D eigenvalue weighted by Gasteiger charge is -2.33. The molecule has 1 aliphatic rings. The van der Waals surface area contributed by atoms with Gasteiger partial charge in [-0.3, -0.25) is 14.7 Å². The number of nitrogens with zero attached hydrogens (tertiary/aromatic N) is 2. The molecule has 1 saturated heterocycles. The molecule has 0 bridgehead atoms. The molecule has 0 unspecified atom stereocenters. The van der Waals surface area contributed by atoms with Crippen molar-refractivity contribution in [2.24, 2.45) is 10.9 Å². The second kappa shape index (κ2) is 13.6. The number of guanidine groups is 1. The Morgan fingerprint density at radius 3 is 2.50 bits per heavy atom. The van der Waals surface area contributed by atoms with Crippen LogP contribution in [0.5, 0.6) is 5.75 Å². The molecule has 0 aromatic heterocycles. The fourth-order valence-corrected chi connectivity index (χ4v) is 3.26. The smallest absolute Gasteiger partial charge is 0.222 e. The zero-order valence-electron chi connectivity index (χ0n) is 18.3. The van der Waals surface area contributed by atoms with Gasteiger partial charge in [-0.25, -0.2) is 4.39 Å². The maximum Gasteiger partial charge on any atom is 0.222 e. The van der Waals surface area contributed by atoms with Crippen molar-refractivity contribution in [3.8, 4) is 5.75 Å². The maximum atomic E-state index is 13.9. The monoisotopic (exact) mass is 535 g/mol. The molecule has 3 N–H and O–H groups in total. The predicted molar refractivity (Wildman–Crippen MR) is 129 cm³/mol. The molecular formula is C21H35FIN5O2. The Kier molecular flexibility index (Phi) is 12.0. The number of aliphatic imine (C=N–C) groups is 1. The summed E-state index contributed by atoms with van der Waals surface area (Å²) in [6, 6.07) is 5.48. The number of piperidine rings is 1. The summed E-state index contributed by atoms with van der Waals surface area (Å²) in [5.74, 6) is 0.755. The standard InChI is InChI=1S/C21H34FN5O2.HI/c1-15(2)20(28)24-9-10-25-21(23-3)26-17-7-11-27(12-8-17)14-16-5-6-19(29-4)18(22)13-16;/h5-6,13,15,17H,7-12,14H2,1-4H3,(H,24,28)(H2,23,25,26);1H. The molecule has 0 spiro atoms. The summed E-state index contributed by atoms with van der Waals surface area (Å²) in [4.78, 5) is 18.2. The number of nitrogens with one attached hydrogen (secondary N) is 3. The van der Waals surface area contributed by atoms with Crippen molar-refractivity contribution in [1.82, 2.24) is 20.9 Å². The molecule has 2 rings (SSSR count). The Labute approximate surface area is 196 Å². The molecule has 1 heterocycles. The van der Waals surface area contributed by atoms with Gasteiger partial charge in [0.05, 0.1) is 7.11 Å². The number of benzene rings is 1. The highest BCUT2D eigenvalue weighted by Gasteiger charge is 2.20. The Morgan fingerprint density at radius 2 is 1.93 bits per heavy atom. The van der Waals surface area contributed by atoms with Crippen LogP contribution in [0.1, 0.15) is 32.3 Å². The number of rotatable bonds is 8.